The maximum absolute atomic E-state index is 12.6. The molecule has 1 aliphatic rings. The summed E-state index contributed by atoms with van der Waals surface area (Å²) in [6.07, 6.45) is 0.807. The minimum Gasteiger partial charge on any atom is -0.311 e. The predicted octanol–water partition coefficient (Wildman–Crippen LogP) is 3.16. The normalized spacial score (nSPS) is 18.2. The molecule has 1 amide bonds. The number of benzene rings is 1. The van der Waals surface area contributed by atoms with Gasteiger partial charge < -0.3 is 9.47 Å². The van der Waals surface area contributed by atoms with Crippen LogP contribution in [-0.2, 0) is 11.3 Å². The third-order valence-electron chi connectivity index (χ3n) is 3.76. The molecule has 0 bridgehead atoms. The van der Waals surface area contributed by atoms with Gasteiger partial charge in [-0.2, -0.15) is 0 Å². The summed E-state index contributed by atoms with van der Waals surface area (Å²) in [5, 5.41) is 9.66. The molecule has 1 aromatic carbocycles. The van der Waals surface area contributed by atoms with E-state index in [1.807, 2.05) is 40.7 Å². The standard InChI is InChI=1S/C15H17ClN4OS/c1-3-19-10(2)17-18-15(19)22-13-8-9-20(14(13)21)12-6-4-11(16)5-7-12/h4-7,13H,3,8-9H2,1-2H3. The molecule has 1 atom stereocenters. The highest BCUT2D eigenvalue weighted by Gasteiger charge is 2.34. The molecular weight excluding hydrogens is 320 g/mol. The maximum Gasteiger partial charge on any atom is 0.240 e. The fourth-order valence-corrected chi connectivity index (χ4v) is 3.89. The molecule has 0 radical (unpaired) electrons. The molecule has 0 aliphatic carbocycles. The summed E-state index contributed by atoms with van der Waals surface area (Å²) >= 11 is 7.41. The first-order valence-corrected chi connectivity index (χ1v) is 8.49. The van der Waals surface area contributed by atoms with Crippen molar-refractivity contribution in [1.29, 1.82) is 0 Å². The van der Waals surface area contributed by atoms with Crippen LogP contribution in [0.25, 0.3) is 0 Å². The van der Waals surface area contributed by atoms with Gasteiger partial charge in [0, 0.05) is 23.8 Å². The quantitative estimate of drug-likeness (QED) is 0.860. The van der Waals surface area contributed by atoms with Crippen LogP contribution in [0.5, 0.6) is 0 Å². The van der Waals surface area contributed by atoms with E-state index < -0.39 is 0 Å². The van der Waals surface area contributed by atoms with Crippen LogP contribution in [0.3, 0.4) is 0 Å². The van der Waals surface area contributed by atoms with E-state index >= 15 is 0 Å². The average Bonchev–Trinajstić information content (AvgIpc) is 3.04. The molecule has 0 saturated carbocycles. The van der Waals surface area contributed by atoms with Gasteiger partial charge in [-0.15, -0.1) is 10.2 Å². The van der Waals surface area contributed by atoms with Crippen LogP contribution in [0.4, 0.5) is 5.69 Å². The third-order valence-corrected chi connectivity index (χ3v) is 5.25. The Balaban J connectivity index is 1.75. The van der Waals surface area contributed by atoms with E-state index in [-0.39, 0.29) is 11.2 Å². The fraction of sp³-hybridized carbons (Fsp3) is 0.400. The van der Waals surface area contributed by atoms with Gasteiger partial charge in [0.2, 0.25) is 5.91 Å². The molecule has 116 valence electrons. The molecule has 1 unspecified atom stereocenters. The van der Waals surface area contributed by atoms with Crippen molar-refractivity contribution in [1.82, 2.24) is 14.8 Å². The van der Waals surface area contributed by atoms with E-state index in [4.69, 9.17) is 11.6 Å². The van der Waals surface area contributed by atoms with Gasteiger partial charge in [0.15, 0.2) is 5.16 Å². The van der Waals surface area contributed by atoms with Crippen molar-refractivity contribution in [3.63, 3.8) is 0 Å². The first-order valence-electron chi connectivity index (χ1n) is 7.23. The molecule has 7 heteroatoms. The number of aromatic nitrogens is 3. The predicted molar refractivity (Wildman–Crippen MR) is 88.5 cm³/mol. The van der Waals surface area contributed by atoms with Gasteiger partial charge in [-0.05, 0) is 44.5 Å². The Kier molecular flexibility index (Phi) is 4.40. The van der Waals surface area contributed by atoms with Crippen molar-refractivity contribution in [3.05, 3.63) is 35.1 Å². The number of anilines is 1. The van der Waals surface area contributed by atoms with Crippen molar-refractivity contribution >= 4 is 35.0 Å². The molecule has 0 spiro atoms. The van der Waals surface area contributed by atoms with Crippen LogP contribution in [0, 0.1) is 6.92 Å². The minimum absolute atomic E-state index is 0.107. The van der Waals surface area contributed by atoms with Crippen molar-refractivity contribution < 1.29 is 4.79 Å². The Morgan fingerprint density at radius 1 is 1.32 bits per heavy atom. The second-order valence-electron chi connectivity index (χ2n) is 5.14. The van der Waals surface area contributed by atoms with Gasteiger partial charge in [0.1, 0.15) is 5.82 Å². The Labute approximate surface area is 138 Å². The summed E-state index contributed by atoms with van der Waals surface area (Å²) < 4.78 is 2.03. The lowest BCUT2D eigenvalue weighted by molar-refractivity contribution is -0.116. The summed E-state index contributed by atoms with van der Waals surface area (Å²) in [6.45, 7) is 5.51. The van der Waals surface area contributed by atoms with Crippen molar-refractivity contribution in [2.45, 2.75) is 37.2 Å². The number of hydrogen-bond acceptors (Lipinski definition) is 4. The monoisotopic (exact) mass is 336 g/mol. The summed E-state index contributed by atoms with van der Waals surface area (Å²) in [5.74, 6) is 1.00. The van der Waals surface area contributed by atoms with Crippen LogP contribution in [-0.4, -0.2) is 32.5 Å². The number of carbonyl (C=O) groups excluding carboxylic acids is 1. The molecule has 2 heterocycles. The number of nitrogens with zero attached hydrogens (tertiary/aromatic N) is 4. The highest BCUT2D eigenvalue weighted by molar-refractivity contribution is 8.00. The summed E-state index contributed by atoms with van der Waals surface area (Å²) in [4.78, 5) is 14.4. The summed E-state index contributed by atoms with van der Waals surface area (Å²) in [7, 11) is 0. The van der Waals surface area contributed by atoms with Gasteiger partial charge in [-0.25, -0.2) is 0 Å². The molecule has 22 heavy (non-hydrogen) atoms. The lowest BCUT2D eigenvalue weighted by Gasteiger charge is -2.16. The maximum atomic E-state index is 12.6. The van der Waals surface area contributed by atoms with Gasteiger partial charge in [-0.1, -0.05) is 23.4 Å². The Hall–Kier alpha value is -1.53. The lowest BCUT2D eigenvalue weighted by Crippen LogP contribution is -2.28. The van der Waals surface area contributed by atoms with E-state index in [1.165, 1.54) is 11.8 Å². The number of thioether (sulfide) groups is 1. The number of rotatable bonds is 4. The molecule has 3 rings (SSSR count). The highest BCUT2D eigenvalue weighted by atomic mass is 35.5. The van der Waals surface area contributed by atoms with Gasteiger partial charge in [0.25, 0.3) is 0 Å². The zero-order valence-electron chi connectivity index (χ0n) is 12.5. The third kappa shape index (κ3) is 2.85. The van der Waals surface area contributed by atoms with Crippen LogP contribution in [0.2, 0.25) is 5.02 Å². The fourth-order valence-electron chi connectivity index (χ4n) is 2.58. The van der Waals surface area contributed by atoms with Gasteiger partial charge in [-0.3, -0.25) is 4.79 Å². The zero-order chi connectivity index (χ0) is 15.7. The SMILES string of the molecule is CCn1c(C)nnc1SC1CCN(c2ccc(Cl)cc2)C1=O. The van der Waals surface area contributed by atoms with E-state index in [9.17, 15) is 4.79 Å². The Morgan fingerprint density at radius 2 is 2.05 bits per heavy atom. The molecular formula is C15H17ClN4OS. The Bertz CT molecular complexity index is 685. The summed E-state index contributed by atoms with van der Waals surface area (Å²) in [6, 6.07) is 7.38. The van der Waals surface area contributed by atoms with Crippen LogP contribution < -0.4 is 4.90 Å². The first-order chi connectivity index (χ1) is 10.6. The topological polar surface area (TPSA) is 51.0 Å². The zero-order valence-corrected chi connectivity index (χ0v) is 14.1. The van der Waals surface area contributed by atoms with E-state index in [0.29, 0.717) is 5.02 Å². The van der Waals surface area contributed by atoms with Crippen molar-refractivity contribution in [3.8, 4) is 0 Å². The lowest BCUT2D eigenvalue weighted by atomic mass is 10.3. The molecule has 2 aromatic rings. The second kappa shape index (κ2) is 6.30. The van der Waals surface area contributed by atoms with Crippen LogP contribution in [0.15, 0.2) is 29.4 Å². The molecule has 0 N–H and O–H groups in total. The highest BCUT2D eigenvalue weighted by Crippen LogP contribution is 2.32. The number of halogens is 1. The van der Waals surface area contributed by atoms with Crippen molar-refractivity contribution in [2.75, 3.05) is 11.4 Å². The smallest absolute Gasteiger partial charge is 0.240 e. The molecule has 1 aliphatic heterocycles. The number of hydrogen-bond donors (Lipinski definition) is 0. The summed E-state index contributed by atoms with van der Waals surface area (Å²) in [5.41, 5.74) is 0.894. The van der Waals surface area contributed by atoms with E-state index in [0.717, 1.165) is 36.2 Å². The van der Waals surface area contributed by atoms with E-state index in [1.54, 1.807) is 0 Å². The second-order valence-corrected chi connectivity index (χ2v) is 6.74. The average molecular weight is 337 g/mol. The molecule has 5 nitrogen and oxygen atoms in total. The molecule has 1 aromatic heterocycles. The van der Waals surface area contributed by atoms with Gasteiger partial charge in [0.05, 0.1) is 5.25 Å². The number of amides is 1. The number of aryl methyl sites for hydroxylation is 1. The molecule has 1 fully saturated rings. The van der Waals surface area contributed by atoms with Gasteiger partial charge >= 0.3 is 0 Å². The Morgan fingerprint density at radius 3 is 2.73 bits per heavy atom. The van der Waals surface area contributed by atoms with Crippen molar-refractivity contribution in [2.24, 2.45) is 0 Å². The van der Waals surface area contributed by atoms with Crippen LogP contribution in [0.1, 0.15) is 19.2 Å². The number of carbonyl (C=O) groups is 1. The van der Waals surface area contributed by atoms with E-state index in [2.05, 4.69) is 17.1 Å². The minimum atomic E-state index is -0.107. The largest absolute Gasteiger partial charge is 0.311 e. The van der Waals surface area contributed by atoms with Crippen LogP contribution >= 0.6 is 23.4 Å². The molecule has 1 saturated heterocycles. The first kappa shape index (κ1) is 15.4.